The van der Waals surface area contributed by atoms with Gasteiger partial charge in [-0.1, -0.05) is 90.9 Å². The van der Waals surface area contributed by atoms with E-state index in [4.69, 9.17) is 23.1 Å². The molecule has 0 amide bonds. The number of hydrogen-bond donors (Lipinski definition) is 2. The number of rotatable bonds is 17. The Morgan fingerprint density at radius 3 is 1.18 bits per heavy atom. The number of carboxylic acid groups (broad SMARTS) is 1. The Morgan fingerprint density at radius 1 is 0.735 bits per heavy atom. The second-order valence-corrected chi connectivity index (χ2v) is 8.31. The minimum absolute atomic E-state index is 0.167. The van der Waals surface area contributed by atoms with Crippen LogP contribution < -0.4 is 0 Å². The van der Waals surface area contributed by atoms with Crippen LogP contribution in [0.15, 0.2) is 25.3 Å². The third-order valence-electron chi connectivity index (χ3n) is 4.09. The number of carbonyl (C=O) groups excluding carboxylic acids is 2. The summed E-state index contributed by atoms with van der Waals surface area (Å²) in [5.74, 6) is 0.212. The first kappa shape index (κ1) is 42.9. The molecule has 0 aromatic heterocycles. The summed E-state index contributed by atoms with van der Waals surface area (Å²) in [6.45, 7) is 14.2. The average molecular weight is 519 g/mol. The fourth-order valence-corrected chi connectivity index (χ4v) is 2.60. The van der Waals surface area contributed by atoms with Crippen molar-refractivity contribution in [2.45, 2.75) is 124 Å². The molecule has 2 N–H and O–H groups in total. The van der Waals surface area contributed by atoms with E-state index in [9.17, 15) is 4.79 Å². The Labute approximate surface area is 221 Å². The maximum atomic E-state index is 10.3. The van der Waals surface area contributed by atoms with Crippen LogP contribution in [0.4, 0.5) is 0 Å². The molecule has 0 heterocycles. The number of allylic oxidation sites excluding steroid dienone is 2. The van der Waals surface area contributed by atoms with Gasteiger partial charge in [-0.05, 0) is 38.8 Å². The van der Waals surface area contributed by atoms with E-state index in [0.717, 1.165) is 51.3 Å². The quantitative estimate of drug-likeness (QED) is 0.0927. The van der Waals surface area contributed by atoms with Crippen molar-refractivity contribution in [1.82, 2.24) is 0 Å². The standard InChI is InChI=1S/C18H36O2.C3H8O.2C3H3O.O.Ti/c1-17(2)15-13-11-9-7-5-3-4-6-8-10-12-14-16-18(19)20;1-3(2)4;2*1-2-3-4;;/h17H,3-16H2,1-2H3,(H,19,20);3-4H,1-2H3;2*2H,1H2;;/q;;2*-1;;+2. The molecular formula is C27H50O6Ti. The summed E-state index contributed by atoms with van der Waals surface area (Å²) in [4.78, 5) is 28.2. The molecule has 0 atom stereocenters. The molecule has 0 aliphatic rings. The fourth-order valence-electron chi connectivity index (χ4n) is 2.60. The SMILES string of the molecule is C=C[C-]=O.C=C[C-]=O.CC(C)CCCCCCCCCCCCCCC(=O)O.CC(C)O.[O]=[Ti+2]. The molecule has 0 rings (SSSR count). The number of hydrogen-bond acceptors (Lipinski definition) is 5. The summed E-state index contributed by atoms with van der Waals surface area (Å²) in [7, 11) is 0. The second-order valence-electron chi connectivity index (χ2n) is 8.31. The van der Waals surface area contributed by atoms with Crippen LogP contribution in [0.3, 0.4) is 0 Å². The molecule has 0 unspecified atom stereocenters. The first-order valence-electron chi connectivity index (χ1n) is 12.3. The molecule has 7 heteroatoms. The Hall–Kier alpha value is -1.24. The third-order valence-corrected chi connectivity index (χ3v) is 4.09. The zero-order chi connectivity index (χ0) is 27.5. The molecule has 0 aromatic rings. The zero-order valence-electron chi connectivity index (χ0n) is 22.2. The van der Waals surface area contributed by atoms with Gasteiger partial charge in [-0.2, -0.15) is 0 Å². The van der Waals surface area contributed by atoms with Gasteiger partial charge in [-0.15, -0.1) is 0 Å². The van der Waals surface area contributed by atoms with Crippen molar-refractivity contribution in [3.8, 4) is 0 Å². The summed E-state index contributed by atoms with van der Waals surface area (Å²) in [5, 5.41) is 16.6. The molecule has 198 valence electrons. The van der Waals surface area contributed by atoms with Gasteiger partial charge in [0.15, 0.2) is 0 Å². The van der Waals surface area contributed by atoms with E-state index in [1.807, 2.05) is 0 Å². The van der Waals surface area contributed by atoms with Gasteiger partial charge in [0, 0.05) is 12.5 Å². The topological polar surface area (TPSA) is 109 Å². The molecule has 0 bridgehead atoms. The molecule has 0 aliphatic heterocycles. The van der Waals surface area contributed by atoms with Gasteiger partial charge in [-0.25, -0.2) is 25.3 Å². The van der Waals surface area contributed by atoms with Crippen molar-refractivity contribution < 1.29 is 48.3 Å². The van der Waals surface area contributed by atoms with Crippen molar-refractivity contribution >= 4 is 18.5 Å². The Kier molecular flexibility index (Phi) is 57.1. The van der Waals surface area contributed by atoms with Crippen molar-refractivity contribution in [3.63, 3.8) is 0 Å². The first-order valence-corrected chi connectivity index (χ1v) is 12.9. The van der Waals surface area contributed by atoms with Crippen molar-refractivity contribution in [1.29, 1.82) is 0 Å². The third kappa shape index (κ3) is 86.4. The van der Waals surface area contributed by atoms with E-state index in [2.05, 4.69) is 27.0 Å². The van der Waals surface area contributed by atoms with E-state index >= 15 is 0 Å². The van der Waals surface area contributed by atoms with Crippen LogP contribution in [-0.4, -0.2) is 34.9 Å². The molecule has 0 radical (unpaired) electrons. The van der Waals surface area contributed by atoms with E-state index in [0.29, 0.717) is 6.42 Å². The molecule has 0 fully saturated rings. The van der Waals surface area contributed by atoms with Gasteiger partial charge < -0.3 is 19.8 Å². The Morgan fingerprint density at radius 2 is 0.971 bits per heavy atom. The van der Waals surface area contributed by atoms with E-state index in [1.165, 1.54) is 83.2 Å². The van der Waals surface area contributed by atoms with E-state index < -0.39 is 5.97 Å². The number of aliphatic hydroxyl groups is 1. The fraction of sp³-hybridized carbons (Fsp3) is 0.741. The zero-order valence-corrected chi connectivity index (χ0v) is 23.7. The predicted molar refractivity (Wildman–Crippen MR) is 137 cm³/mol. The molecule has 6 nitrogen and oxygen atoms in total. The number of aliphatic hydroxyl groups excluding tert-OH is 1. The maximum absolute atomic E-state index is 10.3. The van der Waals surface area contributed by atoms with Gasteiger partial charge in [0.2, 0.25) is 0 Å². The van der Waals surface area contributed by atoms with E-state index in [-0.39, 0.29) is 6.10 Å². The molecule has 0 saturated carbocycles. The number of carbonyl (C=O) groups is 1. The molecule has 0 aromatic carbocycles. The van der Waals surface area contributed by atoms with Gasteiger partial charge in [0.1, 0.15) is 0 Å². The van der Waals surface area contributed by atoms with Gasteiger partial charge >= 0.3 is 29.7 Å². The predicted octanol–water partition coefficient (Wildman–Crippen LogP) is 7.02. The number of carboxylic acids is 1. The average Bonchev–Trinajstić information content (AvgIpc) is 2.80. The number of aliphatic carboxylic acids is 1. The first-order chi connectivity index (χ1) is 16.2. The normalized spacial score (nSPS) is 8.97. The molecule has 0 aliphatic carbocycles. The van der Waals surface area contributed by atoms with Crippen LogP contribution in [-0.2, 0) is 38.1 Å². The number of unbranched alkanes of at least 4 members (excludes halogenated alkanes) is 11. The van der Waals surface area contributed by atoms with Crippen molar-refractivity contribution in [3.05, 3.63) is 25.3 Å². The van der Waals surface area contributed by atoms with Crippen molar-refractivity contribution in [2.24, 2.45) is 5.92 Å². The van der Waals surface area contributed by atoms with Crippen LogP contribution in [0.2, 0.25) is 0 Å². The summed E-state index contributed by atoms with van der Waals surface area (Å²) in [6.07, 6.45) is 22.2. The van der Waals surface area contributed by atoms with Gasteiger partial charge in [-0.3, -0.25) is 4.79 Å². The van der Waals surface area contributed by atoms with Crippen LogP contribution in [0.25, 0.3) is 0 Å². The molecule has 0 spiro atoms. The monoisotopic (exact) mass is 518 g/mol. The van der Waals surface area contributed by atoms with Gasteiger partial charge in [0.25, 0.3) is 0 Å². The van der Waals surface area contributed by atoms with E-state index in [1.54, 1.807) is 13.8 Å². The van der Waals surface area contributed by atoms with Crippen LogP contribution in [0.1, 0.15) is 118 Å². The Bertz CT molecular complexity index is 399. The molecular weight excluding hydrogens is 468 g/mol. The van der Waals surface area contributed by atoms with Crippen LogP contribution in [0, 0.1) is 5.92 Å². The summed E-state index contributed by atoms with van der Waals surface area (Å²) in [5.41, 5.74) is 0. The summed E-state index contributed by atoms with van der Waals surface area (Å²) in [6, 6.07) is 0. The summed E-state index contributed by atoms with van der Waals surface area (Å²) >= 11 is 0.750. The minimum atomic E-state index is -0.654. The van der Waals surface area contributed by atoms with Crippen LogP contribution >= 0.6 is 0 Å². The van der Waals surface area contributed by atoms with Crippen LogP contribution in [0.5, 0.6) is 0 Å². The van der Waals surface area contributed by atoms with Crippen molar-refractivity contribution in [2.75, 3.05) is 0 Å². The molecule has 34 heavy (non-hydrogen) atoms. The van der Waals surface area contributed by atoms with Gasteiger partial charge in [0.05, 0.1) is 0 Å². The summed E-state index contributed by atoms with van der Waals surface area (Å²) < 4.78 is 8.25. The second kappa shape index (κ2) is 45.3. The molecule has 0 saturated heterocycles. The Balaban J connectivity index is -0.000000163.